The van der Waals surface area contributed by atoms with Crippen LogP contribution in [0.25, 0.3) is 10.9 Å². The van der Waals surface area contributed by atoms with Crippen LogP contribution in [0.1, 0.15) is 25.5 Å². The molecule has 0 aliphatic rings. The van der Waals surface area contributed by atoms with E-state index >= 15 is 0 Å². The van der Waals surface area contributed by atoms with E-state index in [1.54, 1.807) is 0 Å². The van der Waals surface area contributed by atoms with Gasteiger partial charge in [0.05, 0.1) is 24.4 Å². The number of para-hydroxylation sites is 1. The summed E-state index contributed by atoms with van der Waals surface area (Å²) in [5.74, 6) is 0. The van der Waals surface area contributed by atoms with E-state index < -0.39 is 0 Å². The number of unbranched alkanes of at least 4 members (excludes halogenated alkanes) is 1. The number of benzene rings is 1. The highest BCUT2D eigenvalue weighted by Gasteiger charge is 2.07. The van der Waals surface area contributed by atoms with E-state index in [0.717, 1.165) is 36.2 Å². The number of fused-ring (bicyclic) bond motifs is 1. The van der Waals surface area contributed by atoms with Crippen molar-refractivity contribution in [2.75, 3.05) is 13.2 Å². The van der Waals surface area contributed by atoms with Crippen molar-refractivity contribution in [3.05, 3.63) is 30.0 Å². The highest BCUT2D eigenvalue weighted by Crippen LogP contribution is 2.17. The lowest BCUT2D eigenvalue weighted by atomic mass is 10.2. The highest BCUT2D eigenvalue weighted by atomic mass is 16.5. The first-order valence-corrected chi connectivity index (χ1v) is 6.59. The van der Waals surface area contributed by atoms with E-state index in [1.807, 2.05) is 16.8 Å². The van der Waals surface area contributed by atoms with Crippen molar-refractivity contribution in [3.63, 3.8) is 0 Å². The zero-order valence-electron chi connectivity index (χ0n) is 10.9. The number of nitrogens with two attached hydrogens (primary N) is 1. The van der Waals surface area contributed by atoms with Gasteiger partial charge in [0.15, 0.2) is 0 Å². The number of hydrogen-bond acceptors (Lipinski definition) is 3. The minimum absolute atomic E-state index is 0.476. The van der Waals surface area contributed by atoms with Gasteiger partial charge < -0.3 is 10.5 Å². The summed E-state index contributed by atoms with van der Waals surface area (Å²) < 4.78 is 7.57. The minimum Gasteiger partial charge on any atom is -0.380 e. The maximum Gasteiger partial charge on any atom is 0.0839 e. The van der Waals surface area contributed by atoms with Gasteiger partial charge in [0.1, 0.15) is 0 Å². The number of nitrogens with zero attached hydrogens (tertiary/aromatic N) is 2. The van der Waals surface area contributed by atoms with Crippen LogP contribution in [-0.4, -0.2) is 23.0 Å². The topological polar surface area (TPSA) is 53.1 Å². The predicted molar refractivity (Wildman–Crippen MR) is 73.4 cm³/mol. The zero-order valence-corrected chi connectivity index (χ0v) is 10.9. The summed E-state index contributed by atoms with van der Waals surface area (Å²) >= 11 is 0. The normalized spacial score (nSPS) is 11.2. The van der Waals surface area contributed by atoms with Crippen LogP contribution in [0.5, 0.6) is 0 Å². The Hall–Kier alpha value is -1.39. The Morgan fingerprint density at radius 1 is 1.28 bits per heavy atom. The third-order valence-corrected chi connectivity index (χ3v) is 3.02. The molecule has 1 heterocycles. The van der Waals surface area contributed by atoms with Crippen LogP contribution in [0.3, 0.4) is 0 Å². The maximum atomic E-state index is 5.72. The van der Waals surface area contributed by atoms with Gasteiger partial charge in [-0.15, -0.1) is 0 Å². The molecule has 0 saturated heterocycles. The maximum absolute atomic E-state index is 5.72. The molecule has 0 unspecified atom stereocenters. The van der Waals surface area contributed by atoms with Gasteiger partial charge in [-0.3, -0.25) is 4.68 Å². The molecule has 0 amide bonds. The first-order chi connectivity index (χ1) is 8.86. The highest BCUT2D eigenvalue weighted by molar-refractivity contribution is 5.81. The molecule has 0 radical (unpaired) electrons. The van der Waals surface area contributed by atoms with Crippen LogP contribution < -0.4 is 5.73 Å². The number of hydrogen-bond donors (Lipinski definition) is 1. The van der Waals surface area contributed by atoms with Gasteiger partial charge >= 0.3 is 0 Å². The van der Waals surface area contributed by atoms with Gasteiger partial charge in [-0.25, -0.2) is 0 Å². The molecule has 1 aromatic heterocycles. The molecule has 18 heavy (non-hydrogen) atoms. The Labute approximate surface area is 108 Å². The van der Waals surface area contributed by atoms with Crippen molar-refractivity contribution in [2.24, 2.45) is 5.73 Å². The summed E-state index contributed by atoms with van der Waals surface area (Å²) in [6, 6.07) is 8.19. The summed E-state index contributed by atoms with van der Waals surface area (Å²) in [5.41, 5.74) is 7.81. The summed E-state index contributed by atoms with van der Waals surface area (Å²) in [4.78, 5) is 0. The van der Waals surface area contributed by atoms with Crippen molar-refractivity contribution >= 4 is 10.9 Å². The molecule has 0 aliphatic heterocycles. The average Bonchev–Trinajstić information content (AvgIpc) is 2.77. The van der Waals surface area contributed by atoms with E-state index in [4.69, 9.17) is 10.5 Å². The molecule has 2 rings (SSSR count). The first kappa shape index (κ1) is 13.1. The molecule has 0 aliphatic carbocycles. The lowest BCUT2D eigenvalue weighted by Gasteiger charge is -2.04. The molecule has 2 aromatic rings. The molecular weight excluding hydrogens is 226 g/mol. The van der Waals surface area contributed by atoms with Gasteiger partial charge in [-0.1, -0.05) is 31.5 Å². The Morgan fingerprint density at radius 2 is 2.11 bits per heavy atom. The van der Waals surface area contributed by atoms with E-state index in [2.05, 4.69) is 24.2 Å². The Balaban J connectivity index is 2.04. The van der Waals surface area contributed by atoms with Crippen molar-refractivity contribution in [3.8, 4) is 0 Å². The van der Waals surface area contributed by atoms with E-state index in [0.29, 0.717) is 13.2 Å². The number of rotatable bonds is 7. The third kappa shape index (κ3) is 2.89. The SMILES string of the molecule is CCCCOCCn1nc(CN)c2ccccc21. The van der Waals surface area contributed by atoms with Crippen LogP contribution in [0.15, 0.2) is 24.3 Å². The van der Waals surface area contributed by atoms with Crippen LogP contribution >= 0.6 is 0 Å². The van der Waals surface area contributed by atoms with E-state index in [-0.39, 0.29) is 0 Å². The molecule has 0 saturated carbocycles. The Bertz CT molecular complexity index is 493. The lowest BCUT2D eigenvalue weighted by Crippen LogP contribution is -2.09. The first-order valence-electron chi connectivity index (χ1n) is 6.59. The fraction of sp³-hybridized carbons (Fsp3) is 0.500. The number of ether oxygens (including phenoxy) is 1. The smallest absolute Gasteiger partial charge is 0.0839 e. The predicted octanol–water partition coefficient (Wildman–Crippen LogP) is 2.31. The molecule has 0 atom stereocenters. The fourth-order valence-corrected chi connectivity index (χ4v) is 2.02. The second kappa shape index (κ2) is 6.52. The Morgan fingerprint density at radius 3 is 2.89 bits per heavy atom. The number of aromatic nitrogens is 2. The molecule has 0 fully saturated rings. The van der Waals surface area contributed by atoms with Crippen LogP contribution in [0, 0.1) is 0 Å². The fourth-order valence-electron chi connectivity index (χ4n) is 2.02. The van der Waals surface area contributed by atoms with Gasteiger partial charge in [0.2, 0.25) is 0 Å². The monoisotopic (exact) mass is 247 g/mol. The molecule has 4 heteroatoms. The summed E-state index contributed by atoms with van der Waals surface area (Å²) in [6.45, 7) is 4.96. The van der Waals surface area contributed by atoms with Crippen molar-refractivity contribution in [1.29, 1.82) is 0 Å². The average molecular weight is 247 g/mol. The molecule has 0 bridgehead atoms. The van der Waals surface area contributed by atoms with E-state index in [9.17, 15) is 0 Å². The Kier molecular flexibility index (Phi) is 4.73. The molecular formula is C14H21N3O. The van der Waals surface area contributed by atoms with Crippen molar-refractivity contribution in [2.45, 2.75) is 32.9 Å². The standard InChI is InChI=1S/C14H21N3O/c1-2-3-9-18-10-8-17-14-7-5-4-6-12(14)13(11-15)16-17/h4-7H,2-3,8-11,15H2,1H3. The zero-order chi connectivity index (χ0) is 12.8. The van der Waals surface area contributed by atoms with Gasteiger partial charge in [0.25, 0.3) is 0 Å². The summed E-state index contributed by atoms with van der Waals surface area (Å²) in [7, 11) is 0. The van der Waals surface area contributed by atoms with Crippen LogP contribution in [-0.2, 0) is 17.8 Å². The molecule has 98 valence electrons. The molecule has 2 N–H and O–H groups in total. The van der Waals surface area contributed by atoms with E-state index in [1.165, 1.54) is 6.42 Å². The molecule has 1 aromatic carbocycles. The summed E-state index contributed by atoms with van der Waals surface area (Å²) in [6.07, 6.45) is 2.29. The van der Waals surface area contributed by atoms with Gasteiger partial charge in [0, 0.05) is 18.5 Å². The quantitative estimate of drug-likeness (QED) is 0.764. The van der Waals surface area contributed by atoms with Crippen LogP contribution in [0.4, 0.5) is 0 Å². The molecule has 4 nitrogen and oxygen atoms in total. The second-order valence-electron chi connectivity index (χ2n) is 4.36. The van der Waals surface area contributed by atoms with Gasteiger partial charge in [-0.05, 0) is 12.5 Å². The lowest BCUT2D eigenvalue weighted by molar-refractivity contribution is 0.122. The van der Waals surface area contributed by atoms with Crippen molar-refractivity contribution < 1.29 is 4.74 Å². The largest absolute Gasteiger partial charge is 0.380 e. The van der Waals surface area contributed by atoms with Crippen molar-refractivity contribution in [1.82, 2.24) is 9.78 Å². The van der Waals surface area contributed by atoms with Crippen LogP contribution in [0.2, 0.25) is 0 Å². The minimum atomic E-state index is 0.476. The molecule has 0 spiro atoms. The third-order valence-electron chi connectivity index (χ3n) is 3.02. The van der Waals surface area contributed by atoms with Gasteiger partial charge in [-0.2, -0.15) is 5.10 Å². The second-order valence-corrected chi connectivity index (χ2v) is 4.36. The summed E-state index contributed by atoms with van der Waals surface area (Å²) in [5, 5.41) is 5.68.